The van der Waals surface area contributed by atoms with Gasteiger partial charge in [-0.3, -0.25) is 4.79 Å². The SMILES string of the molecule is CC=CC=CC=CC=CC=CC=C[C@H](C)[C@@H](O)[C@@H](C)[C@H](C)OC(=O)C[C@H](O)C[C@H](O)CC[C@@H](O)[C@@H](C)O. The summed E-state index contributed by atoms with van der Waals surface area (Å²) in [6.45, 7) is 8.81. The maximum absolute atomic E-state index is 12.2. The molecular formula is C30H48O7. The summed E-state index contributed by atoms with van der Waals surface area (Å²) in [6.07, 6.45) is 17.9. The number of carbonyl (C=O) groups excluding carboxylic acids is 1. The highest BCUT2D eigenvalue weighted by molar-refractivity contribution is 5.70. The molecule has 0 saturated heterocycles. The Bertz CT molecular complexity index is 779. The Balaban J connectivity index is 4.47. The monoisotopic (exact) mass is 520 g/mol. The van der Waals surface area contributed by atoms with Crippen LogP contribution in [0.25, 0.3) is 0 Å². The summed E-state index contributed by atoms with van der Waals surface area (Å²) < 4.78 is 5.40. The third kappa shape index (κ3) is 17.7. The number of hydrogen-bond donors (Lipinski definition) is 5. The van der Waals surface area contributed by atoms with Gasteiger partial charge in [0.25, 0.3) is 0 Å². The molecule has 0 spiro atoms. The second-order valence-corrected chi connectivity index (χ2v) is 9.49. The molecule has 7 heteroatoms. The normalized spacial score (nSPS) is 19.7. The van der Waals surface area contributed by atoms with Gasteiger partial charge in [0.05, 0.1) is 36.9 Å². The molecule has 0 unspecified atom stereocenters. The molecule has 0 aromatic rings. The topological polar surface area (TPSA) is 127 Å². The van der Waals surface area contributed by atoms with Crippen molar-refractivity contribution in [3.05, 3.63) is 72.9 Å². The highest BCUT2D eigenvalue weighted by Gasteiger charge is 2.28. The van der Waals surface area contributed by atoms with E-state index in [2.05, 4.69) is 0 Å². The highest BCUT2D eigenvalue weighted by Crippen LogP contribution is 2.21. The molecule has 0 heterocycles. The van der Waals surface area contributed by atoms with Crippen LogP contribution in [0.4, 0.5) is 0 Å². The second-order valence-electron chi connectivity index (χ2n) is 9.49. The smallest absolute Gasteiger partial charge is 0.308 e. The van der Waals surface area contributed by atoms with Crippen LogP contribution in [0.3, 0.4) is 0 Å². The standard InChI is InChI=1S/C30H48O7/c1-6-7-8-9-10-11-12-13-14-15-16-17-22(2)30(36)23(3)25(5)37-29(35)21-27(33)20-26(32)18-19-28(34)24(4)31/h6-17,22-28,30-34,36H,18-21H2,1-5H3/t22-,23-,24+,25-,26+,27+,28+,30+/m0/s1. The van der Waals surface area contributed by atoms with Gasteiger partial charge in [0.1, 0.15) is 6.10 Å². The molecule has 7 nitrogen and oxygen atoms in total. The van der Waals surface area contributed by atoms with Crippen molar-refractivity contribution in [2.24, 2.45) is 11.8 Å². The molecule has 0 saturated carbocycles. The lowest BCUT2D eigenvalue weighted by Gasteiger charge is -2.28. The summed E-state index contributed by atoms with van der Waals surface area (Å²) in [7, 11) is 0. The summed E-state index contributed by atoms with van der Waals surface area (Å²) in [6, 6.07) is 0. The lowest BCUT2D eigenvalue weighted by Crippen LogP contribution is -2.35. The van der Waals surface area contributed by atoms with Crippen molar-refractivity contribution in [1.82, 2.24) is 0 Å². The van der Waals surface area contributed by atoms with Crippen molar-refractivity contribution in [1.29, 1.82) is 0 Å². The average Bonchev–Trinajstić information content (AvgIpc) is 2.84. The summed E-state index contributed by atoms with van der Waals surface area (Å²) in [4.78, 5) is 12.2. The molecule has 0 aliphatic heterocycles. The van der Waals surface area contributed by atoms with E-state index in [1.807, 2.05) is 86.8 Å². The first-order valence-electron chi connectivity index (χ1n) is 13.0. The van der Waals surface area contributed by atoms with Crippen LogP contribution in [-0.2, 0) is 9.53 Å². The van der Waals surface area contributed by atoms with E-state index >= 15 is 0 Å². The first kappa shape index (κ1) is 34.7. The van der Waals surface area contributed by atoms with E-state index in [4.69, 9.17) is 4.74 Å². The fourth-order valence-corrected chi connectivity index (χ4v) is 3.41. The van der Waals surface area contributed by atoms with Gasteiger partial charge in [0.15, 0.2) is 0 Å². The zero-order valence-corrected chi connectivity index (χ0v) is 22.9. The number of aliphatic hydroxyl groups is 5. The van der Waals surface area contributed by atoms with E-state index in [0.29, 0.717) is 0 Å². The molecule has 8 atom stereocenters. The molecule has 0 rings (SSSR count). The number of hydrogen-bond acceptors (Lipinski definition) is 7. The second kappa shape index (κ2) is 20.7. The first-order chi connectivity index (χ1) is 17.5. The van der Waals surface area contributed by atoms with E-state index < -0.39 is 42.6 Å². The van der Waals surface area contributed by atoms with Gasteiger partial charge in [-0.1, -0.05) is 86.8 Å². The molecule has 0 aliphatic carbocycles. The van der Waals surface area contributed by atoms with Crippen molar-refractivity contribution < 1.29 is 35.1 Å². The average molecular weight is 521 g/mol. The van der Waals surface area contributed by atoms with Gasteiger partial charge in [0.2, 0.25) is 0 Å². The first-order valence-corrected chi connectivity index (χ1v) is 13.0. The Morgan fingerprint density at radius 1 is 0.730 bits per heavy atom. The predicted molar refractivity (Wildman–Crippen MR) is 149 cm³/mol. The molecular weight excluding hydrogens is 472 g/mol. The Morgan fingerprint density at radius 3 is 1.76 bits per heavy atom. The van der Waals surface area contributed by atoms with Crippen molar-refractivity contribution in [3.8, 4) is 0 Å². The van der Waals surface area contributed by atoms with E-state index in [1.54, 1.807) is 13.8 Å². The van der Waals surface area contributed by atoms with Crippen LogP contribution in [0.15, 0.2) is 72.9 Å². The third-order valence-corrected chi connectivity index (χ3v) is 6.04. The lowest BCUT2D eigenvalue weighted by atomic mass is 9.89. The zero-order valence-electron chi connectivity index (χ0n) is 22.9. The third-order valence-electron chi connectivity index (χ3n) is 6.04. The highest BCUT2D eigenvalue weighted by atomic mass is 16.5. The van der Waals surface area contributed by atoms with Crippen molar-refractivity contribution in [2.45, 2.75) is 96.9 Å². The van der Waals surface area contributed by atoms with Crippen molar-refractivity contribution >= 4 is 5.97 Å². The maximum Gasteiger partial charge on any atom is 0.308 e. The minimum atomic E-state index is -1.09. The minimum Gasteiger partial charge on any atom is -0.462 e. The molecule has 0 aromatic heterocycles. The quantitative estimate of drug-likeness (QED) is 0.137. The Hall–Kier alpha value is -2.29. The van der Waals surface area contributed by atoms with E-state index in [1.165, 1.54) is 6.92 Å². The molecule has 0 radical (unpaired) electrons. The van der Waals surface area contributed by atoms with Gasteiger partial charge < -0.3 is 30.3 Å². The molecule has 0 bridgehead atoms. The molecule has 0 aliphatic rings. The van der Waals surface area contributed by atoms with Gasteiger partial charge in [-0.2, -0.15) is 0 Å². The molecule has 0 aromatic carbocycles. The Morgan fingerprint density at radius 2 is 1.24 bits per heavy atom. The lowest BCUT2D eigenvalue weighted by molar-refractivity contribution is -0.155. The van der Waals surface area contributed by atoms with E-state index in [-0.39, 0.29) is 37.5 Å². The summed E-state index contributed by atoms with van der Waals surface area (Å²) >= 11 is 0. The number of rotatable bonds is 18. The van der Waals surface area contributed by atoms with Crippen LogP contribution in [0, 0.1) is 11.8 Å². The van der Waals surface area contributed by atoms with Crippen LogP contribution >= 0.6 is 0 Å². The summed E-state index contributed by atoms with van der Waals surface area (Å²) in [5, 5.41) is 49.6. The van der Waals surface area contributed by atoms with Gasteiger partial charge >= 0.3 is 5.97 Å². The Labute approximate surface area is 222 Å². The van der Waals surface area contributed by atoms with E-state index in [0.717, 1.165) is 0 Å². The zero-order chi connectivity index (χ0) is 28.2. The molecule has 0 fully saturated rings. The van der Waals surface area contributed by atoms with E-state index in [9.17, 15) is 30.3 Å². The fraction of sp³-hybridized carbons (Fsp3) is 0.567. The van der Waals surface area contributed by atoms with Gasteiger partial charge in [-0.15, -0.1) is 0 Å². The van der Waals surface area contributed by atoms with Crippen LogP contribution in [0.1, 0.15) is 60.3 Å². The van der Waals surface area contributed by atoms with Gasteiger partial charge in [-0.05, 0) is 40.0 Å². The Kier molecular flexibility index (Phi) is 19.4. The van der Waals surface area contributed by atoms with Gasteiger partial charge in [0, 0.05) is 11.8 Å². The number of allylic oxidation sites excluding steroid dienone is 11. The van der Waals surface area contributed by atoms with Crippen molar-refractivity contribution in [3.63, 3.8) is 0 Å². The number of aliphatic hydroxyl groups excluding tert-OH is 5. The minimum absolute atomic E-state index is 0.0391. The molecule has 37 heavy (non-hydrogen) atoms. The van der Waals surface area contributed by atoms with Crippen LogP contribution in [-0.4, -0.2) is 68.1 Å². The number of ether oxygens (including phenoxy) is 1. The maximum atomic E-state index is 12.2. The summed E-state index contributed by atoms with van der Waals surface area (Å²) in [5.41, 5.74) is 0. The largest absolute Gasteiger partial charge is 0.462 e. The van der Waals surface area contributed by atoms with Crippen LogP contribution in [0.2, 0.25) is 0 Å². The predicted octanol–water partition coefficient (Wildman–Crippen LogP) is 3.93. The number of esters is 1. The van der Waals surface area contributed by atoms with Crippen LogP contribution < -0.4 is 0 Å². The number of carbonyl (C=O) groups is 1. The molecule has 210 valence electrons. The van der Waals surface area contributed by atoms with Crippen molar-refractivity contribution in [2.75, 3.05) is 0 Å². The fourth-order valence-electron chi connectivity index (χ4n) is 3.41. The molecule has 0 amide bonds. The van der Waals surface area contributed by atoms with Crippen LogP contribution in [0.5, 0.6) is 0 Å². The molecule has 5 N–H and O–H groups in total. The summed E-state index contributed by atoms with van der Waals surface area (Å²) in [5.74, 6) is -1.11. The van der Waals surface area contributed by atoms with Gasteiger partial charge in [-0.25, -0.2) is 0 Å².